The normalized spacial score (nSPS) is 11.4. The molecule has 0 radical (unpaired) electrons. The summed E-state index contributed by atoms with van der Waals surface area (Å²) in [7, 11) is 0. The number of ether oxygens (including phenoxy) is 1. The Balaban J connectivity index is 2.48. The lowest BCUT2D eigenvalue weighted by Crippen LogP contribution is -2.47. The molecule has 0 spiro atoms. The molecule has 0 aliphatic carbocycles. The van der Waals surface area contributed by atoms with Gasteiger partial charge < -0.3 is 15.4 Å². The van der Waals surface area contributed by atoms with E-state index in [1.807, 2.05) is 19.9 Å². The highest BCUT2D eigenvalue weighted by molar-refractivity contribution is 5.87. The molecule has 1 aromatic rings. The van der Waals surface area contributed by atoms with Crippen LogP contribution in [0.3, 0.4) is 0 Å². The summed E-state index contributed by atoms with van der Waals surface area (Å²) in [4.78, 5) is 23.4. The number of hydrogen-bond donors (Lipinski definition) is 2. The summed E-state index contributed by atoms with van der Waals surface area (Å²) in [6.07, 6.45) is 0. The van der Waals surface area contributed by atoms with E-state index in [0.29, 0.717) is 11.3 Å². The fourth-order valence-corrected chi connectivity index (χ4v) is 1.59. The average Bonchev–Trinajstić information content (AvgIpc) is 2.44. The van der Waals surface area contributed by atoms with Crippen molar-refractivity contribution in [3.8, 4) is 11.8 Å². The molecule has 0 heterocycles. The smallest absolute Gasteiger partial charge is 0.258 e. The van der Waals surface area contributed by atoms with Gasteiger partial charge in [0.1, 0.15) is 17.9 Å². The molecule has 2 amide bonds. The van der Waals surface area contributed by atoms with Gasteiger partial charge in [-0.05, 0) is 32.9 Å². The SMILES string of the molecule is CC(C)NC(=O)C(C)NC(=O)COc1ccccc1C#N. The Kier molecular flexibility index (Phi) is 6.21. The fourth-order valence-electron chi connectivity index (χ4n) is 1.59. The van der Waals surface area contributed by atoms with E-state index in [1.54, 1.807) is 31.2 Å². The zero-order valence-corrected chi connectivity index (χ0v) is 12.3. The monoisotopic (exact) mass is 289 g/mol. The van der Waals surface area contributed by atoms with E-state index in [0.717, 1.165) is 0 Å². The van der Waals surface area contributed by atoms with Gasteiger partial charge in [-0.3, -0.25) is 9.59 Å². The van der Waals surface area contributed by atoms with E-state index < -0.39 is 11.9 Å². The van der Waals surface area contributed by atoms with Crippen molar-refractivity contribution in [1.29, 1.82) is 5.26 Å². The van der Waals surface area contributed by atoms with Crippen LogP contribution in [0.1, 0.15) is 26.3 Å². The number of carbonyl (C=O) groups excluding carboxylic acids is 2. The van der Waals surface area contributed by atoms with E-state index in [9.17, 15) is 9.59 Å². The minimum Gasteiger partial charge on any atom is -0.482 e. The van der Waals surface area contributed by atoms with E-state index in [2.05, 4.69) is 10.6 Å². The number of nitrogens with zero attached hydrogens (tertiary/aromatic N) is 1. The highest BCUT2D eigenvalue weighted by Gasteiger charge is 2.16. The van der Waals surface area contributed by atoms with Gasteiger partial charge in [-0.2, -0.15) is 5.26 Å². The van der Waals surface area contributed by atoms with Crippen LogP contribution in [0.25, 0.3) is 0 Å². The predicted octanol–water partition coefficient (Wildman–Crippen LogP) is 0.966. The van der Waals surface area contributed by atoms with Gasteiger partial charge in [-0.1, -0.05) is 12.1 Å². The van der Waals surface area contributed by atoms with Gasteiger partial charge in [-0.15, -0.1) is 0 Å². The molecule has 0 saturated heterocycles. The quantitative estimate of drug-likeness (QED) is 0.816. The molecule has 1 aromatic carbocycles. The van der Waals surface area contributed by atoms with Crippen LogP contribution in [-0.4, -0.2) is 30.5 Å². The van der Waals surface area contributed by atoms with Crippen LogP contribution >= 0.6 is 0 Å². The molecule has 112 valence electrons. The highest BCUT2D eigenvalue weighted by Crippen LogP contribution is 2.16. The van der Waals surface area contributed by atoms with E-state index in [1.165, 1.54) is 0 Å². The second-order valence-electron chi connectivity index (χ2n) is 4.85. The molecule has 2 N–H and O–H groups in total. The van der Waals surface area contributed by atoms with Gasteiger partial charge in [0.05, 0.1) is 5.56 Å². The molecule has 0 aromatic heterocycles. The lowest BCUT2D eigenvalue weighted by Gasteiger charge is -2.16. The minimum atomic E-state index is -0.644. The van der Waals surface area contributed by atoms with Crippen molar-refractivity contribution < 1.29 is 14.3 Å². The van der Waals surface area contributed by atoms with Crippen LogP contribution in [0.2, 0.25) is 0 Å². The molecule has 21 heavy (non-hydrogen) atoms. The van der Waals surface area contributed by atoms with Gasteiger partial charge in [0.25, 0.3) is 5.91 Å². The number of rotatable bonds is 6. The van der Waals surface area contributed by atoms with Crippen molar-refractivity contribution in [2.45, 2.75) is 32.9 Å². The maximum atomic E-state index is 11.7. The number of hydrogen-bond acceptors (Lipinski definition) is 4. The first-order valence-corrected chi connectivity index (χ1v) is 6.65. The Hall–Kier alpha value is -2.55. The van der Waals surface area contributed by atoms with Gasteiger partial charge in [-0.25, -0.2) is 0 Å². The second kappa shape index (κ2) is 7.90. The Morgan fingerprint density at radius 2 is 1.90 bits per heavy atom. The van der Waals surface area contributed by atoms with Crippen LogP contribution in [0, 0.1) is 11.3 Å². The fraction of sp³-hybridized carbons (Fsp3) is 0.400. The third-order valence-corrected chi connectivity index (χ3v) is 2.57. The Bertz CT molecular complexity index is 549. The second-order valence-corrected chi connectivity index (χ2v) is 4.85. The molecule has 0 aliphatic rings. The molecule has 1 rings (SSSR count). The predicted molar refractivity (Wildman–Crippen MR) is 77.5 cm³/mol. The summed E-state index contributed by atoms with van der Waals surface area (Å²) < 4.78 is 5.29. The Labute approximate surface area is 124 Å². The maximum absolute atomic E-state index is 11.7. The summed E-state index contributed by atoms with van der Waals surface area (Å²) >= 11 is 0. The third kappa shape index (κ3) is 5.53. The number of carbonyl (C=O) groups is 2. The molecule has 1 atom stereocenters. The molecule has 1 unspecified atom stereocenters. The minimum absolute atomic E-state index is 0.00982. The van der Waals surface area contributed by atoms with Crippen LogP contribution in [-0.2, 0) is 9.59 Å². The van der Waals surface area contributed by atoms with Crippen LogP contribution in [0.5, 0.6) is 5.75 Å². The first-order chi connectivity index (χ1) is 9.93. The molecule has 6 nitrogen and oxygen atoms in total. The van der Waals surface area contributed by atoms with Crippen molar-refractivity contribution >= 4 is 11.8 Å². The van der Waals surface area contributed by atoms with E-state index in [-0.39, 0.29) is 18.6 Å². The van der Waals surface area contributed by atoms with Crippen molar-refractivity contribution in [2.75, 3.05) is 6.61 Å². The van der Waals surface area contributed by atoms with Crippen LogP contribution in [0.15, 0.2) is 24.3 Å². The molecule has 0 saturated carbocycles. The van der Waals surface area contributed by atoms with Gasteiger partial charge in [0.15, 0.2) is 6.61 Å². The van der Waals surface area contributed by atoms with Crippen molar-refractivity contribution in [3.05, 3.63) is 29.8 Å². The summed E-state index contributed by atoms with van der Waals surface area (Å²) in [5.74, 6) is -0.334. The zero-order valence-electron chi connectivity index (χ0n) is 12.3. The van der Waals surface area contributed by atoms with Crippen molar-refractivity contribution in [1.82, 2.24) is 10.6 Å². The van der Waals surface area contributed by atoms with Crippen molar-refractivity contribution in [2.24, 2.45) is 0 Å². The maximum Gasteiger partial charge on any atom is 0.258 e. The highest BCUT2D eigenvalue weighted by atomic mass is 16.5. The summed E-state index contributed by atoms with van der Waals surface area (Å²) in [5, 5.41) is 14.1. The van der Waals surface area contributed by atoms with Gasteiger partial charge >= 0.3 is 0 Å². The van der Waals surface area contributed by atoms with Crippen LogP contribution < -0.4 is 15.4 Å². The first kappa shape index (κ1) is 16.5. The average molecular weight is 289 g/mol. The Morgan fingerprint density at radius 3 is 2.52 bits per heavy atom. The summed E-state index contributed by atoms with van der Waals surface area (Å²) in [5.41, 5.74) is 0.357. The largest absolute Gasteiger partial charge is 0.482 e. The summed E-state index contributed by atoms with van der Waals surface area (Å²) in [6, 6.07) is 7.99. The van der Waals surface area contributed by atoms with Crippen LogP contribution in [0.4, 0.5) is 0 Å². The molecule has 0 fully saturated rings. The lowest BCUT2D eigenvalue weighted by atomic mass is 10.2. The number of para-hydroxylation sites is 1. The first-order valence-electron chi connectivity index (χ1n) is 6.65. The number of amides is 2. The number of nitrogens with one attached hydrogen (secondary N) is 2. The lowest BCUT2D eigenvalue weighted by molar-refractivity contribution is -0.129. The zero-order chi connectivity index (χ0) is 15.8. The topological polar surface area (TPSA) is 91.2 Å². The molecular formula is C15H19N3O3. The third-order valence-electron chi connectivity index (χ3n) is 2.57. The molecule has 6 heteroatoms. The standard InChI is InChI=1S/C15H19N3O3/c1-10(2)17-15(20)11(3)18-14(19)9-21-13-7-5-4-6-12(13)8-16/h4-7,10-11H,9H2,1-3H3,(H,17,20)(H,18,19). The van der Waals surface area contributed by atoms with E-state index >= 15 is 0 Å². The van der Waals surface area contributed by atoms with Crippen molar-refractivity contribution in [3.63, 3.8) is 0 Å². The Morgan fingerprint density at radius 1 is 1.24 bits per heavy atom. The summed E-state index contributed by atoms with van der Waals surface area (Å²) in [6.45, 7) is 5.03. The molecule has 0 aliphatic heterocycles. The van der Waals surface area contributed by atoms with Gasteiger partial charge in [0.2, 0.25) is 5.91 Å². The molecular weight excluding hydrogens is 270 g/mol. The number of nitriles is 1. The molecule has 0 bridgehead atoms. The number of benzene rings is 1. The van der Waals surface area contributed by atoms with E-state index in [4.69, 9.17) is 10.00 Å². The van der Waals surface area contributed by atoms with Gasteiger partial charge in [0, 0.05) is 6.04 Å².